The standard InChI is InChI=1S/C10H24P2/c1-9(2)11-7-5-6-8-12-10(3)4/h9-12H,5-8H2,1-4H3. The van der Waals surface area contributed by atoms with Gasteiger partial charge in [0.1, 0.15) is 0 Å². The van der Waals surface area contributed by atoms with Crippen molar-refractivity contribution in [3.05, 3.63) is 0 Å². The molecule has 0 aromatic rings. The molecule has 0 aromatic carbocycles. The van der Waals surface area contributed by atoms with Crippen LogP contribution in [0.1, 0.15) is 40.5 Å². The maximum absolute atomic E-state index is 2.33. The zero-order chi connectivity index (χ0) is 9.40. The number of rotatable bonds is 7. The van der Waals surface area contributed by atoms with Crippen LogP contribution in [0.25, 0.3) is 0 Å². The van der Waals surface area contributed by atoms with Gasteiger partial charge in [-0.05, 0) is 36.5 Å². The highest BCUT2D eigenvalue weighted by atomic mass is 31.1. The largest absolute Gasteiger partial charge is 0.119 e. The summed E-state index contributed by atoms with van der Waals surface area (Å²) in [6.45, 7) is 9.31. The maximum atomic E-state index is 2.33. The Morgan fingerprint density at radius 1 is 0.750 bits per heavy atom. The van der Waals surface area contributed by atoms with Gasteiger partial charge in [-0.1, -0.05) is 27.7 Å². The SMILES string of the molecule is CC(C)PCCCCPC(C)C. The van der Waals surface area contributed by atoms with Crippen molar-refractivity contribution in [2.24, 2.45) is 0 Å². The van der Waals surface area contributed by atoms with Gasteiger partial charge in [-0.15, -0.1) is 17.2 Å². The summed E-state index contributed by atoms with van der Waals surface area (Å²) in [5, 5.41) is 0. The molecule has 0 nitrogen and oxygen atoms in total. The van der Waals surface area contributed by atoms with Crippen molar-refractivity contribution in [2.45, 2.75) is 51.9 Å². The van der Waals surface area contributed by atoms with E-state index in [9.17, 15) is 0 Å². The zero-order valence-corrected chi connectivity index (χ0v) is 11.0. The molecule has 0 saturated carbocycles. The molecule has 74 valence electrons. The number of hydrogen-bond acceptors (Lipinski definition) is 0. The molecule has 0 fully saturated rings. The van der Waals surface area contributed by atoms with E-state index in [0.717, 1.165) is 11.3 Å². The summed E-state index contributed by atoms with van der Waals surface area (Å²) in [5.41, 5.74) is 1.86. The Labute approximate surface area is 81.9 Å². The molecule has 0 aliphatic rings. The molecule has 0 spiro atoms. The summed E-state index contributed by atoms with van der Waals surface area (Å²) in [4.78, 5) is 0. The Bertz CT molecular complexity index is 77.8. The second-order valence-electron chi connectivity index (χ2n) is 3.92. The van der Waals surface area contributed by atoms with Crippen LogP contribution in [0.4, 0.5) is 0 Å². The summed E-state index contributed by atoms with van der Waals surface area (Å²) in [6, 6.07) is 0. The van der Waals surface area contributed by atoms with Crippen LogP contribution >= 0.6 is 17.2 Å². The number of hydrogen-bond donors (Lipinski definition) is 0. The monoisotopic (exact) mass is 206 g/mol. The van der Waals surface area contributed by atoms with Crippen LogP contribution < -0.4 is 0 Å². The molecule has 2 atom stereocenters. The molecular formula is C10H24P2. The quantitative estimate of drug-likeness (QED) is 0.437. The van der Waals surface area contributed by atoms with Gasteiger partial charge in [0.2, 0.25) is 0 Å². The van der Waals surface area contributed by atoms with E-state index >= 15 is 0 Å². The first-order valence-electron chi connectivity index (χ1n) is 5.09. The van der Waals surface area contributed by atoms with Crippen molar-refractivity contribution >= 4 is 17.2 Å². The fraction of sp³-hybridized carbons (Fsp3) is 1.00. The fourth-order valence-corrected chi connectivity index (χ4v) is 3.09. The van der Waals surface area contributed by atoms with Crippen LogP contribution in [0.2, 0.25) is 0 Å². The average molecular weight is 206 g/mol. The Morgan fingerprint density at radius 2 is 1.08 bits per heavy atom. The van der Waals surface area contributed by atoms with Crippen LogP contribution in [0.3, 0.4) is 0 Å². The van der Waals surface area contributed by atoms with Gasteiger partial charge in [0.25, 0.3) is 0 Å². The first-order valence-corrected chi connectivity index (χ1v) is 7.66. The van der Waals surface area contributed by atoms with Crippen molar-refractivity contribution in [1.29, 1.82) is 0 Å². The smallest absolute Gasteiger partial charge is 0.0294 e. The summed E-state index contributed by atoms with van der Waals surface area (Å²) < 4.78 is 0. The summed E-state index contributed by atoms with van der Waals surface area (Å²) in [7, 11) is 2.39. The van der Waals surface area contributed by atoms with Gasteiger partial charge in [-0.2, -0.15) is 0 Å². The van der Waals surface area contributed by atoms with Gasteiger partial charge in [0.05, 0.1) is 0 Å². The molecule has 0 saturated heterocycles. The third kappa shape index (κ3) is 10.9. The third-order valence-electron chi connectivity index (χ3n) is 1.71. The van der Waals surface area contributed by atoms with Gasteiger partial charge in [-0.25, -0.2) is 0 Å². The minimum atomic E-state index is 0.928. The highest BCUT2D eigenvalue weighted by Gasteiger charge is 1.95. The highest BCUT2D eigenvalue weighted by molar-refractivity contribution is 7.39. The molecule has 0 aliphatic carbocycles. The van der Waals surface area contributed by atoms with Crippen molar-refractivity contribution < 1.29 is 0 Å². The summed E-state index contributed by atoms with van der Waals surface area (Å²) in [5.74, 6) is 0. The molecule has 12 heavy (non-hydrogen) atoms. The first kappa shape index (κ1) is 12.9. The van der Waals surface area contributed by atoms with Crippen molar-refractivity contribution in [1.82, 2.24) is 0 Å². The van der Waals surface area contributed by atoms with Gasteiger partial charge in [-0.3, -0.25) is 0 Å². The molecule has 2 unspecified atom stereocenters. The summed E-state index contributed by atoms with van der Waals surface area (Å²) >= 11 is 0. The highest BCUT2D eigenvalue weighted by Crippen LogP contribution is 2.23. The van der Waals surface area contributed by atoms with E-state index in [1.165, 1.54) is 42.3 Å². The van der Waals surface area contributed by atoms with E-state index in [1.54, 1.807) is 0 Å². The van der Waals surface area contributed by atoms with E-state index in [0.29, 0.717) is 0 Å². The predicted molar refractivity (Wildman–Crippen MR) is 65.9 cm³/mol. The van der Waals surface area contributed by atoms with Crippen molar-refractivity contribution in [2.75, 3.05) is 12.3 Å². The van der Waals surface area contributed by atoms with Crippen LogP contribution in [-0.2, 0) is 0 Å². The summed E-state index contributed by atoms with van der Waals surface area (Å²) in [6.07, 6.45) is 5.88. The van der Waals surface area contributed by atoms with Crippen LogP contribution in [0.5, 0.6) is 0 Å². The van der Waals surface area contributed by atoms with E-state index in [2.05, 4.69) is 27.7 Å². The second kappa shape index (κ2) is 8.46. The molecule has 2 heteroatoms. The molecular weight excluding hydrogens is 182 g/mol. The van der Waals surface area contributed by atoms with Gasteiger partial charge >= 0.3 is 0 Å². The van der Waals surface area contributed by atoms with Gasteiger partial charge in [0.15, 0.2) is 0 Å². The molecule has 0 radical (unpaired) electrons. The normalized spacial score (nSPS) is 13.5. The lowest BCUT2D eigenvalue weighted by atomic mass is 10.4. The van der Waals surface area contributed by atoms with E-state index in [-0.39, 0.29) is 0 Å². The van der Waals surface area contributed by atoms with Gasteiger partial charge in [0, 0.05) is 0 Å². The van der Waals surface area contributed by atoms with E-state index in [4.69, 9.17) is 0 Å². The van der Waals surface area contributed by atoms with Gasteiger partial charge < -0.3 is 0 Å². The van der Waals surface area contributed by atoms with Crippen LogP contribution in [0, 0.1) is 0 Å². The first-order chi connectivity index (χ1) is 5.63. The lowest BCUT2D eigenvalue weighted by Crippen LogP contribution is -1.90. The second-order valence-corrected chi connectivity index (χ2v) is 8.05. The molecule has 0 aromatic heterocycles. The minimum absolute atomic E-state index is 0.928. The van der Waals surface area contributed by atoms with Crippen LogP contribution in [-0.4, -0.2) is 23.6 Å². The lowest BCUT2D eigenvalue weighted by Gasteiger charge is -2.06. The Morgan fingerprint density at radius 3 is 1.33 bits per heavy atom. The molecule has 0 amide bonds. The lowest BCUT2D eigenvalue weighted by molar-refractivity contribution is 0.891. The minimum Gasteiger partial charge on any atom is -0.119 e. The third-order valence-corrected chi connectivity index (χ3v) is 4.63. The Hall–Kier alpha value is 0.860. The fourth-order valence-electron chi connectivity index (χ4n) is 1.03. The zero-order valence-electron chi connectivity index (χ0n) is 8.98. The Kier molecular flexibility index (Phi) is 9.06. The number of unbranched alkanes of at least 4 members (excludes halogenated alkanes) is 1. The molecule has 0 aliphatic heterocycles. The average Bonchev–Trinajstić information content (AvgIpc) is 1.95. The van der Waals surface area contributed by atoms with Crippen molar-refractivity contribution in [3.63, 3.8) is 0 Å². The molecule has 0 bridgehead atoms. The predicted octanol–water partition coefficient (Wildman–Crippen LogP) is 3.94. The topological polar surface area (TPSA) is 0 Å². The molecule has 0 heterocycles. The molecule has 0 rings (SSSR count). The van der Waals surface area contributed by atoms with E-state index in [1.807, 2.05) is 0 Å². The maximum Gasteiger partial charge on any atom is -0.0294 e. The Balaban J connectivity index is 2.91. The van der Waals surface area contributed by atoms with Crippen LogP contribution in [0.15, 0.2) is 0 Å². The van der Waals surface area contributed by atoms with Crippen molar-refractivity contribution in [3.8, 4) is 0 Å². The molecule has 0 N–H and O–H groups in total. The van der Waals surface area contributed by atoms with E-state index < -0.39 is 0 Å².